The maximum absolute atomic E-state index is 5.49. The van der Waals surface area contributed by atoms with E-state index in [4.69, 9.17) is 4.74 Å². The molecule has 4 nitrogen and oxygen atoms in total. The van der Waals surface area contributed by atoms with E-state index in [1.165, 1.54) is 5.56 Å². The van der Waals surface area contributed by atoms with Crippen molar-refractivity contribution >= 4 is 5.69 Å². The van der Waals surface area contributed by atoms with Gasteiger partial charge in [-0.15, -0.1) is 0 Å². The highest BCUT2D eigenvalue weighted by Gasteiger charge is 2.22. The molecule has 1 aliphatic heterocycles. The van der Waals surface area contributed by atoms with Crippen LogP contribution in [0, 0.1) is 6.92 Å². The molecule has 2 heterocycles. The molecular weight excluding hydrogens is 274 g/mol. The molecule has 1 N–H and O–H groups in total. The summed E-state index contributed by atoms with van der Waals surface area (Å²) in [5.74, 6) is 0. The number of aryl methyl sites for hydroxylation is 1. The lowest BCUT2D eigenvalue weighted by Gasteiger charge is -2.35. The van der Waals surface area contributed by atoms with Crippen molar-refractivity contribution in [2.75, 3.05) is 38.2 Å². The van der Waals surface area contributed by atoms with Crippen molar-refractivity contribution in [2.24, 2.45) is 0 Å². The first kappa shape index (κ1) is 15.0. The fraction of sp³-hybridized carbons (Fsp3) is 0.389. The van der Waals surface area contributed by atoms with Gasteiger partial charge in [-0.05, 0) is 24.6 Å². The Balaban J connectivity index is 1.73. The Bertz CT molecular complexity index is 582. The average molecular weight is 297 g/mol. The Labute approximate surface area is 132 Å². The fourth-order valence-electron chi connectivity index (χ4n) is 2.89. The van der Waals surface area contributed by atoms with Gasteiger partial charge in [-0.2, -0.15) is 0 Å². The van der Waals surface area contributed by atoms with E-state index in [2.05, 4.69) is 51.6 Å². The SMILES string of the molecule is Cc1cc(NC[C@@H](c2ccccc2)N2CCOCC2)ccn1. The zero-order chi connectivity index (χ0) is 15.2. The molecule has 0 spiro atoms. The number of morpholine rings is 1. The van der Waals surface area contributed by atoms with Crippen molar-refractivity contribution in [1.29, 1.82) is 0 Å². The number of hydrogen-bond donors (Lipinski definition) is 1. The fourth-order valence-corrected chi connectivity index (χ4v) is 2.89. The van der Waals surface area contributed by atoms with Crippen LogP contribution in [0.2, 0.25) is 0 Å². The molecule has 1 fully saturated rings. The van der Waals surface area contributed by atoms with Crippen LogP contribution < -0.4 is 5.32 Å². The summed E-state index contributed by atoms with van der Waals surface area (Å²) in [6.45, 7) is 6.50. The third-order valence-electron chi connectivity index (χ3n) is 4.07. The standard InChI is InChI=1S/C18H23N3O/c1-15-13-17(7-8-19-15)20-14-18(16-5-3-2-4-6-16)21-9-11-22-12-10-21/h2-8,13,18H,9-12,14H2,1H3,(H,19,20)/t18-/m0/s1. The lowest BCUT2D eigenvalue weighted by atomic mass is 10.0. The quantitative estimate of drug-likeness (QED) is 0.921. The van der Waals surface area contributed by atoms with E-state index in [0.717, 1.165) is 44.2 Å². The lowest BCUT2D eigenvalue weighted by molar-refractivity contribution is 0.0187. The van der Waals surface area contributed by atoms with E-state index in [9.17, 15) is 0 Å². The predicted octanol–water partition coefficient (Wildman–Crippen LogP) is 2.88. The molecule has 1 aliphatic rings. The van der Waals surface area contributed by atoms with Gasteiger partial charge < -0.3 is 10.1 Å². The monoisotopic (exact) mass is 297 g/mol. The number of aromatic nitrogens is 1. The lowest BCUT2D eigenvalue weighted by Crippen LogP contribution is -2.41. The van der Waals surface area contributed by atoms with Crippen molar-refractivity contribution < 1.29 is 4.74 Å². The van der Waals surface area contributed by atoms with Crippen LogP contribution in [0.1, 0.15) is 17.3 Å². The van der Waals surface area contributed by atoms with Crippen LogP contribution >= 0.6 is 0 Å². The van der Waals surface area contributed by atoms with Gasteiger partial charge in [0, 0.05) is 37.2 Å². The van der Waals surface area contributed by atoms with Crippen molar-refractivity contribution in [2.45, 2.75) is 13.0 Å². The minimum absolute atomic E-state index is 0.360. The largest absolute Gasteiger partial charge is 0.383 e. The average Bonchev–Trinajstić information content (AvgIpc) is 2.57. The van der Waals surface area contributed by atoms with Gasteiger partial charge in [-0.3, -0.25) is 9.88 Å². The molecule has 1 aromatic carbocycles. The normalized spacial score (nSPS) is 17.1. The molecule has 116 valence electrons. The summed E-state index contributed by atoms with van der Waals surface area (Å²) in [5.41, 5.74) is 3.51. The predicted molar refractivity (Wildman–Crippen MR) is 89.0 cm³/mol. The number of anilines is 1. The summed E-state index contributed by atoms with van der Waals surface area (Å²) in [6.07, 6.45) is 1.85. The Hall–Kier alpha value is -1.91. The molecule has 0 unspecified atom stereocenters. The van der Waals surface area contributed by atoms with Gasteiger partial charge in [0.2, 0.25) is 0 Å². The van der Waals surface area contributed by atoms with E-state index >= 15 is 0 Å². The molecular formula is C18H23N3O. The van der Waals surface area contributed by atoms with Crippen LogP contribution in [-0.2, 0) is 4.74 Å². The molecule has 1 aromatic heterocycles. The molecule has 1 saturated heterocycles. The van der Waals surface area contributed by atoms with Crippen LogP contribution in [0.5, 0.6) is 0 Å². The van der Waals surface area contributed by atoms with Gasteiger partial charge in [0.25, 0.3) is 0 Å². The topological polar surface area (TPSA) is 37.4 Å². The Morgan fingerprint density at radius 3 is 2.68 bits per heavy atom. The van der Waals surface area contributed by atoms with Gasteiger partial charge >= 0.3 is 0 Å². The number of rotatable bonds is 5. The maximum atomic E-state index is 5.49. The van der Waals surface area contributed by atoms with E-state index < -0.39 is 0 Å². The summed E-state index contributed by atoms with van der Waals surface area (Å²) in [6, 6.07) is 15.2. The smallest absolute Gasteiger partial charge is 0.0594 e. The highest BCUT2D eigenvalue weighted by atomic mass is 16.5. The van der Waals surface area contributed by atoms with E-state index in [1.54, 1.807) is 0 Å². The molecule has 0 saturated carbocycles. The van der Waals surface area contributed by atoms with Crippen LogP contribution in [0.4, 0.5) is 5.69 Å². The molecule has 2 aromatic rings. The molecule has 22 heavy (non-hydrogen) atoms. The van der Waals surface area contributed by atoms with Gasteiger partial charge in [0.15, 0.2) is 0 Å². The van der Waals surface area contributed by atoms with Gasteiger partial charge in [-0.25, -0.2) is 0 Å². The Kier molecular flexibility index (Phi) is 5.03. The molecule has 3 rings (SSSR count). The molecule has 0 bridgehead atoms. The number of pyridine rings is 1. The Morgan fingerprint density at radius 1 is 1.18 bits per heavy atom. The summed E-state index contributed by atoms with van der Waals surface area (Å²) in [4.78, 5) is 6.75. The minimum Gasteiger partial charge on any atom is -0.383 e. The van der Waals surface area contributed by atoms with Crippen molar-refractivity contribution in [1.82, 2.24) is 9.88 Å². The number of nitrogens with one attached hydrogen (secondary N) is 1. The van der Waals surface area contributed by atoms with Gasteiger partial charge in [0.1, 0.15) is 0 Å². The third-order valence-corrected chi connectivity index (χ3v) is 4.07. The first-order valence-electron chi connectivity index (χ1n) is 7.86. The zero-order valence-corrected chi connectivity index (χ0v) is 13.0. The molecule has 0 radical (unpaired) electrons. The van der Waals surface area contributed by atoms with Crippen LogP contribution in [0.3, 0.4) is 0 Å². The summed E-state index contributed by atoms with van der Waals surface area (Å²) in [5, 5.41) is 3.56. The van der Waals surface area contributed by atoms with E-state index in [1.807, 2.05) is 19.2 Å². The molecule has 0 amide bonds. The van der Waals surface area contributed by atoms with E-state index in [-0.39, 0.29) is 0 Å². The van der Waals surface area contributed by atoms with Gasteiger partial charge in [-0.1, -0.05) is 30.3 Å². The zero-order valence-electron chi connectivity index (χ0n) is 13.0. The summed E-state index contributed by atoms with van der Waals surface area (Å²) < 4.78 is 5.49. The second kappa shape index (κ2) is 7.38. The highest BCUT2D eigenvalue weighted by molar-refractivity contribution is 5.43. The van der Waals surface area contributed by atoms with Crippen molar-refractivity contribution in [3.05, 3.63) is 59.9 Å². The first-order chi connectivity index (χ1) is 10.8. The molecule has 4 heteroatoms. The minimum atomic E-state index is 0.360. The summed E-state index contributed by atoms with van der Waals surface area (Å²) in [7, 11) is 0. The van der Waals surface area contributed by atoms with Crippen LogP contribution in [-0.4, -0.2) is 42.7 Å². The maximum Gasteiger partial charge on any atom is 0.0594 e. The summed E-state index contributed by atoms with van der Waals surface area (Å²) >= 11 is 0. The highest BCUT2D eigenvalue weighted by Crippen LogP contribution is 2.22. The molecule has 1 atom stereocenters. The van der Waals surface area contributed by atoms with Gasteiger partial charge in [0.05, 0.1) is 19.3 Å². The van der Waals surface area contributed by atoms with Crippen LogP contribution in [0.15, 0.2) is 48.7 Å². The first-order valence-corrected chi connectivity index (χ1v) is 7.86. The third kappa shape index (κ3) is 3.84. The number of ether oxygens (including phenoxy) is 1. The number of hydrogen-bond acceptors (Lipinski definition) is 4. The van der Waals surface area contributed by atoms with Crippen LogP contribution in [0.25, 0.3) is 0 Å². The number of nitrogens with zero attached hydrogens (tertiary/aromatic N) is 2. The second-order valence-corrected chi connectivity index (χ2v) is 5.64. The van der Waals surface area contributed by atoms with Crippen molar-refractivity contribution in [3.8, 4) is 0 Å². The Morgan fingerprint density at radius 2 is 1.95 bits per heavy atom. The molecule has 0 aliphatic carbocycles. The van der Waals surface area contributed by atoms with E-state index in [0.29, 0.717) is 6.04 Å². The second-order valence-electron chi connectivity index (χ2n) is 5.64. The number of benzene rings is 1. The van der Waals surface area contributed by atoms with Crippen molar-refractivity contribution in [3.63, 3.8) is 0 Å².